The lowest BCUT2D eigenvalue weighted by atomic mass is 10.3. The van der Waals surface area contributed by atoms with Crippen molar-refractivity contribution in [3.05, 3.63) is 47.5 Å². The number of methoxy groups -OCH3 is 1. The van der Waals surface area contributed by atoms with Gasteiger partial charge in [0.05, 0.1) is 30.7 Å². The van der Waals surface area contributed by atoms with E-state index in [1.54, 1.807) is 30.3 Å². The summed E-state index contributed by atoms with van der Waals surface area (Å²) in [7, 11) is -2.25. The first-order valence-electron chi connectivity index (χ1n) is 8.08. The summed E-state index contributed by atoms with van der Waals surface area (Å²) in [6, 6.07) is 11.4. The standard InChI is InChI=1S/C18H21ClN2O5S/c1-4-26-15-7-5-6-13(10-15)20-18(22)12-21(27(3,23)24)14-8-9-17(25-2)16(19)11-14/h5-11H,4,12H2,1-3H3,(H,20,22). The Morgan fingerprint density at radius 1 is 1.22 bits per heavy atom. The molecule has 0 saturated heterocycles. The Hall–Kier alpha value is -2.45. The summed E-state index contributed by atoms with van der Waals surface area (Å²) in [5, 5.41) is 2.91. The molecule has 1 N–H and O–H groups in total. The van der Waals surface area contributed by atoms with Crippen LogP contribution in [0.15, 0.2) is 42.5 Å². The number of halogens is 1. The third-order valence-corrected chi connectivity index (χ3v) is 4.98. The van der Waals surface area contributed by atoms with Gasteiger partial charge in [-0.2, -0.15) is 0 Å². The van der Waals surface area contributed by atoms with Crippen molar-refractivity contribution >= 4 is 38.9 Å². The zero-order valence-corrected chi connectivity index (χ0v) is 16.8. The number of nitrogens with one attached hydrogen (secondary N) is 1. The number of anilines is 2. The number of sulfonamides is 1. The van der Waals surface area contributed by atoms with Crippen LogP contribution in [-0.4, -0.2) is 40.8 Å². The number of hydrogen-bond donors (Lipinski definition) is 1. The molecule has 0 fully saturated rings. The molecule has 0 unspecified atom stereocenters. The highest BCUT2D eigenvalue weighted by atomic mass is 35.5. The van der Waals surface area contributed by atoms with E-state index in [0.717, 1.165) is 10.6 Å². The van der Waals surface area contributed by atoms with Crippen LogP contribution in [0.1, 0.15) is 6.92 Å². The third kappa shape index (κ3) is 5.77. The summed E-state index contributed by atoms with van der Waals surface area (Å²) in [5.41, 5.74) is 0.772. The minimum absolute atomic E-state index is 0.244. The van der Waals surface area contributed by atoms with Crippen LogP contribution >= 0.6 is 11.6 Å². The molecular weight excluding hydrogens is 392 g/mol. The molecule has 7 nitrogen and oxygen atoms in total. The Balaban J connectivity index is 2.20. The molecule has 0 bridgehead atoms. The molecule has 0 spiro atoms. The van der Waals surface area contributed by atoms with E-state index in [1.807, 2.05) is 6.92 Å². The van der Waals surface area contributed by atoms with Crippen molar-refractivity contribution in [3.8, 4) is 11.5 Å². The van der Waals surface area contributed by atoms with Gasteiger partial charge in [0, 0.05) is 11.8 Å². The van der Waals surface area contributed by atoms with Gasteiger partial charge in [0.25, 0.3) is 0 Å². The Kier molecular flexibility index (Phi) is 6.92. The predicted octanol–water partition coefficient (Wildman–Crippen LogP) is 3.15. The van der Waals surface area contributed by atoms with Gasteiger partial charge in [-0.3, -0.25) is 9.10 Å². The lowest BCUT2D eigenvalue weighted by molar-refractivity contribution is -0.114. The van der Waals surface area contributed by atoms with Gasteiger partial charge >= 0.3 is 0 Å². The normalized spacial score (nSPS) is 11.0. The highest BCUT2D eigenvalue weighted by Gasteiger charge is 2.22. The van der Waals surface area contributed by atoms with E-state index in [-0.39, 0.29) is 10.7 Å². The summed E-state index contributed by atoms with van der Waals surface area (Å²) < 4.78 is 35.8. The maximum Gasteiger partial charge on any atom is 0.245 e. The van der Waals surface area contributed by atoms with Gasteiger partial charge in [0.15, 0.2) is 0 Å². The summed E-state index contributed by atoms with van der Waals surface area (Å²) >= 11 is 6.08. The Labute approximate surface area is 163 Å². The lowest BCUT2D eigenvalue weighted by Gasteiger charge is -2.22. The molecule has 0 aliphatic rings. The van der Waals surface area contributed by atoms with Gasteiger partial charge in [0.1, 0.15) is 18.0 Å². The zero-order chi connectivity index (χ0) is 20.0. The number of rotatable bonds is 8. The molecule has 0 saturated carbocycles. The van der Waals surface area contributed by atoms with Crippen LogP contribution in [0, 0.1) is 0 Å². The van der Waals surface area contributed by atoms with Crippen molar-refractivity contribution in [2.24, 2.45) is 0 Å². The van der Waals surface area contributed by atoms with Gasteiger partial charge in [-0.25, -0.2) is 8.42 Å². The monoisotopic (exact) mass is 412 g/mol. The Bertz CT molecular complexity index is 918. The third-order valence-electron chi connectivity index (χ3n) is 3.54. The largest absolute Gasteiger partial charge is 0.495 e. The van der Waals surface area contributed by atoms with E-state index in [4.69, 9.17) is 21.1 Å². The maximum absolute atomic E-state index is 12.4. The van der Waals surface area contributed by atoms with Crippen molar-refractivity contribution in [1.29, 1.82) is 0 Å². The molecule has 146 valence electrons. The molecule has 9 heteroatoms. The number of carbonyl (C=O) groups excluding carboxylic acids is 1. The highest BCUT2D eigenvalue weighted by molar-refractivity contribution is 7.92. The number of ether oxygens (including phenoxy) is 2. The quantitative estimate of drug-likeness (QED) is 0.719. The van der Waals surface area contributed by atoms with Crippen LogP contribution in [0.2, 0.25) is 5.02 Å². The minimum Gasteiger partial charge on any atom is -0.495 e. The first kappa shape index (κ1) is 20.9. The summed E-state index contributed by atoms with van der Waals surface area (Å²) in [5.74, 6) is 0.518. The second-order valence-electron chi connectivity index (χ2n) is 5.60. The van der Waals surface area contributed by atoms with Crippen LogP contribution in [0.3, 0.4) is 0 Å². The molecule has 2 aromatic carbocycles. The smallest absolute Gasteiger partial charge is 0.245 e. The van der Waals surface area contributed by atoms with Gasteiger partial charge in [0.2, 0.25) is 15.9 Å². The lowest BCUT2D eigenvalue weighted by Crippen LogP contribution is -2.37. The topological polar surface area (TPSA) is 84.9 Å². The second kappa shape index (κ2) is 8.96. The van der Waals surface area contributed by atoms with Crippen molar-refractivity contribution < 1.29 is 22.7 Å². The molecule has 0 aliphatic heterocycles. The SMILES string of the molecule is CCOc1cccc(NC(=O)CN(c2ccc(OC)c(Cl)c2)S(C)(=O)=O)c1. The van der Waals surface area contributed by atoms with E-state index >= 15 is 0 Å². The van der Waals surface area contributed by atoms with E-state index in [9.17, 15) is 13.2 Å². The minimum atomic E-state index is -3.71. The number of benzene rings is 2. The molecule has 2 rings (SSSR count). The van der Waals surface area contributed by atoms with E-state index in [1.165, 1.54) is 19.2 Å². The summed E-state index contributed by atoms with van der Waals surface area (Å²) in [6.07, 6.45) is 1.02. The van der Waals surface area contributed by atoms with Crippen molar-refractivity contribution in [2.75, 3.05) is 36.1 Å². The molecule has 0 radical (unpaired) electrons. The van der Waals surface area contributed by atoms with E-state index in [0.29, 0.717) is 23.8 Å². The summed E-state index contributed by atoms with van der Waals surface area (Å²) in [4.78, 5) is 12.4. The van der Waals surface area contributed by atoms with Gasteiger partial charge in [-0.1, -0.05) is 17.7 Å². The first-order chi connectivity index (χ1) is 12.7. The van der Waals surface area contributed by atoms with Crippen LogP contribution < -0.4 is 19.1 Å². The van der Waals surface area contributed by atoms with E-state index < -0.39 is 22.5 Å². The number of hydrogen-bond acceptors (Lipinski definition) is 5. The van der Waals surface area contributed by atoms with Crippen molar-refractivity contribution in [2.45, 2.75) is 6.92 Å². The van der Waals surface area contributed by atoms with Crippen LogP contribution in [0.5, 0.6) is 11.5 Å². The van der Waals surface area contributed by atoms with Gasteiger partial charge in [-0.05, 0) is 37.3 Å². The number of carbonyl (C=O) groups is 1. The van der Waals surface area contributed by atoms with Crippen molar-refractivity contribution in [1.82, 2.24) is 0 Å². The maximum atomic E-state index is 12.4. The number of nitrogens with zero attached hydrogens (tertiary/aromatic N) is 1. The first-order valence-corrected chi connectivity index (χ1v) is 10.3. The van der Waals surface area contributed by atoms with Crippen LogP contribution in [0.4, 0.5) is 11.4 Å². The molecule has 27 heavy (non-hydrogen) atoms. The Morgan fingerprint density at radius 2 is 1.96 bits per heavy atom. The van der Waals surface area contributed by atoms with Gasteiger partial charge < -0.3 is 14.8 Å². The average molecular weight is 413 g/mol. The van der Waals surface area contributed by atoms with Crippen LogP contribution in [0.25, 0.3) is 0 Å². The van der Waals surface area contributed by atoms with Crippen molar-refractivity contribution in [3.63, 3.8) is 0 Å². The molecule has 0 heterocycles. The second-order valence-corrected chi connectivity index (χ2v) is 7.91. The number of amides is 1. The van der Waals surface area contributed by atoms with E-state index in [2.05, 4.69) is 5.32 Å². The molecule has 0 aliphatic carbocycles. The fourth-order valence-electron chi connectivity index (χ4n) is 2.37. The Morgan fingerprint density at radius 3 is 2.56 bits per heavy atom. The van der Waals surface area contributed by atoms with Gasteiger partial charge in [-0.15, -0.1) is 0 Å². The predicted molar refractivity (Wildman–Crippen MR) is 106 cm³/mol. The summed E-state index contributed by atoms with van der Waals surface area (Å²) in [6.45, 7) is 1.95. The fourth-order valence-corrected chi connectivity index (χ4v) is 3.47. The highest BCUT2D eigenvalue weighted by Crippen LogP contribution is 2.30. The average Bonchev–Trinajstić information content (AvgIpc) is 2.59. The molecule has 2 aromatic rings. The van der Waals surface area contributed by atoms with Crippen LogP contribution in [-0.2, 0) is 14.8 Å². The molecular formula is C18H21ClN2O5S. The fraction of sp³-hybridized carbons (Fsp3) is 0.278. The molecule has 0 atom stereocenters. The molecule has 0 aromatic heterocycles. The molecule has 1 amide bonds. The zero-order valence-electron chi connectivity index (χ0n) is 15.2.